The van der Waals surface area contributed by atoms with Crippen LogP contribution in [0.5, 0.6) is 5.75 Å². The number of carboxylic acid groups (broad SMARTS) is 1. The van der Waals surface area contributed by atoms with Gasteiger partial charge in [-0.05, 0) is 111 Å². The summed E-state index contributed by atoms with van der Waals surface area (Å²) < 4.78 is 5.61. The predicted octanol–water partition coefficient (Wildman–Crippen LogP) is 6.94. The quantitative estimate of drug-likeness (QED) is 0.235. The van der Waals surface area contributed by atoms with E-state index in [1.165, 1.54) is 10.4 Å². The molecule has 38 heavy (non-hydrogen) atoms. The van der Waals surface area contributed by atoms with Crippen LogP contribution in [-0.4, -0.2) is 53.9 Å². The highest BCUT2D eigenvalue weighted by atomic mass is 32.1. The van der Waals surface area contributed by atoms with Crippen molar-refractivity contribution < 1.29 is 14.6 Å². The molecule has 7 heteroatoms. The number of ether oxygens (including phenoxy) is 1. The van der Waals surface area contributed by atoms with Crippen molar-refractivity contribution in [2.45, 2.75) is 32.6 Å². The summed E-state index contributed by atoms with van der Waals surface area (Å²) in [4.78, 5) is 22.6. The van der Waals surface area contributed by atoms with Crippen molar-refractivity contribution in [3.63, 3.8) is 0 Å². The highest BCUT2D eigenvalue weighted by molar-refractivity contribution is 7.13. The SMILES string of the molecule is CC1=CC(/C=C/c2ccc(OCCCC(=O)O)cc2)=NC/1=C\c1[nH]c(-c2cccs2)cc1CCCN(C)C. The molecule has 4 rings (SSSR count). The summed E-state index contributed by atoms with van der Waals surface area (Å²) in [6.45, 7) is 3.55. The summed E-state index contributed by atoms with van der Waals surface area (Å²) in [5.74, 6) is -0.0661. The Balaban J connectivity index is 1.44. The summed E-state index contributed by atoms with van der Waals surface area (Å²) in [5, 5.41) is 10.8. The number of aromatic nitrogens is 1. The molecule has 3 heterocycles. The fourth-order valence-corrected chi connectivity index (χ4v) is 4.89. The lowest BCUT2D eigenvalue weighted by molar-refractivity contribution is -0.137. The van der Waals surface area contributed by atoms with Crippen LogP contribution in [0.15, 0.2) is 76.3 Å². The molecule has 1 aliphatic rings. The number of aryl methyl sites for hydroxylation is 1. The molecule has 0 spiro atoms. The lowest BCUT2D eigenvalue weighted by Crippen LogP contribution is -2.13. The molecule has 0 unspecified atom stereocenters. The van der Waals surface area contributed by atoms with Crippen molar-refractivity contribution in [1.29, 1.82) is 0 Å². The number of rotatable bonds is 13. The molecule has 0 amide bonds. The van der Waals surface area contributed by atoms with Crippen LogP contribution in [0.25, 0.3) is 22.7 Å². The Morgan fingerprint density at radius 2 is 1.97 bits per heavy atom. The van der Waals surface area contributed by atoms with E-state index in [1.807, 2.05) is 36.4 Å². The van der Waals surface area contributed by atoms with Gasteiger partial charge in [0.05, 0.1) is 28.6 Å². The maximum atomic E-state index is 10.6. The molecule has 0 fully saturated rings. The molecular weight excluding hydrogens is 494 g/mol. The van der Waals surface area contributed by atoms with Crippen LogP contribution in [0.3, 0.4) is 0 Å². The zero-order chi connectivity index (χ0) is 26.9. The van der Waals surface area contributed by atoms with E-state index in [2.05, 4.69) is 66.6 Å². The van der Waals surface area contributed by atoms with Crippen molar-refractivity contribution >= 4 is 35.2 Å². The number of carbonyl (C=O) groups is 1. The molecule has 2 aromatic heterocycles. The first-order valence-electron chi connectivity index (χ1n) is 12.9. The van der Waals surface area contributed by atoms with E-state index in [1.54, 1.807) is 11.3 Å². The van der Waals surface area contributed by atoms with Crippen molar-refractivity contribution in [2.75, 3.05) is 27.2 Å². The van der Waals surface area contributed by atoms with Gasteiger partial charge in [0.15, 0.2) is 0 Å². The Morgan fingerprint density at radius 1 is 1.16 bits per heavy atom. The van der Waals surface area contributed by atoms with Crippen LogP contribution < -0.4 is 4.74 Å². The number of hydrogen-bond donors (Lipinski definition) is 2. The van der Waals surface area contributed by atoms with Gasteiger partial charge in [-0.1, -0.05) is 24.3 Å². The van der Waals surface area contributed by atoms with Crippen LogP contribution in [0.2, 0.25) is 0 Å². The van der Waals surface area contributed by atoms with Crippen LogP contribution in [0, 0.1) is 0 Å². The van der Waals surface area contributed by atoms with Gasteiger partial charge in [-0.25, -0.2) is 4.99 Å². The smallest absolute Gasteiger partial charge is 0.303 e. The second-order valence-electron chi connectivity index (χ2n) is 9.65. The molecular formula is C31H35N3O3S. The second-order valence-corrected chi connectivity index (χ2v) is 10.6. The number of carboxylic acids is 1. The summed E-state index contributed by atoms with van der Waals surface area (Å²) in [6.07, 6.45) is 11.1. The van der Waals surface area contributed by atoms with E-state index >= 15 is 0 Å². The predicted molar refractivity (Wildman–Crippen MR) is 158 cm³/mol. The van der Waals surface area contributed by atoms with E-state index in [9.17, 15) is 4.79 Å². The molecule has 0 atom stereocenters. The fourth-order valence-electron chi connectivity index (χ4n) is 4.19. The molecule has 0 aliphatic carbocycles. The van der Waals surface area contributed by atoms with Crippen LogP contribution in [-0.2, 0) is 11.2 Å². The van der Waals surface area contributed by atoms with E-state index in [4.69, 9.17) is 14.8 Å². The first-order valence-corrected chi connectivity index (χ1v) is 13.8. The topological polar surface area (TPSA) is 77.9 Å². The number of aliphatic imine (C=N–C) groups is 1. The van der Waals surface area contributed by atoms with E-state index in [0.29, 0.717) is 13.0 Å². The van der Waals surface area contributed by atoms with Gasteiger partial charge < -0.3 is 19.7 Å². The van der Waals surface area contributed by atoms with Gasteiger partial charge in [0.25, 0.3) is 0 Å². The molecule has 0 bridgehead atoms. The molecule has 1 aromatic carbocycles. The number of aromatic amines is 1. The monoisotopic (exact) mass is 529 g/mol. The number of hydrogen-bond acceptors (Lipinski definition) is 5. The normalized spacial score (nSPS) is 14.5. The van der Waals surface area contributed by atoms with Gasteiger partial charge >= 0.3 is 5.97 Å². The third-order valence-electron chi connectivity index (χ3n) is 6.20. The van der Waals surface area contributed by atoms with Gasteiger partial charge in [-0.15, -0.1) is 11.3 Å². The Morgan fingerprint density at radius 3 is 2.68 bits per heavy atom. The van der Waals surface area contributed by atoms with Crippen molar-refractivity contribution in [1.82, 2.24) is 9.88 Å². The maximum absolute atomic E-state index is 10.6. The number of thiophene rings is 1. The molecule has 2 N–H and O–H groups in total. The van der Waals surface area contributed by atoms with Gasteiger partial charge in [-0.3, -0.25) is 4.79 Å². The first kappa shape index (κ1) is 27.4. The van der Waals surface area contributed by atoms with Gasteiger partial charge in [0.2, 0.25) is 0 Å². The highest BCUT2D eigenvalue weighted by Gasteiger charge is 2.13. The zero-order valence-electron chi connectivity index (χ0n) is 22.2. The Kier molecular flexibility index (Phi) is 9.51. The number of aliphatic carboxylic acids is 1. The first-order chi connectivity index (χ1) is 18.4. The second kappa shape index (κ2) is 13.2. The molecule has 3 aromatic rings. The largest absolute Gasteiger partial charge is 0.494 e. The van der Waals surface area contributed by atoms with E-state index in [-0.39, 0.29) is 6.42 Å². The third-order valence-corrected chi connectivity index (χ3v) is 7.10. The minimum atomic E-state index is -0.803. The summed E-state index contributed by atoms with van der Waals surface area (Å²) in [7, 11) is 4.22. The summed E-state index contributed by atoms with van der Waals surface area (Å²) in [6, 6.07) is 14.3. The lowest BCUT2D eigenvalue weighted by atomic mass is 10.1. The molecule has 0 saturated carbocycles. The van der Waals surface area contributed by atoms with Gasteiger partial charge in [0, 0.05) is 12.1 Å². The molecule has 1 aliphatic heterocycles. The number of nitrogens with zero attached hydrogens (tertiary/aromatic N) is 2. The zero-order valence-corrected chi connectivity index (χ0v) is 23.1. The Hall–Kier alpha value is -3.68. The van der Waals surface area contributed by atoms with Gasteiger partial charge in [-0.2, -0.15) is 0 Å². The third kappa shape index (κ3) is 7.91. The average Bonchev–Trinajstić information content (AvgIpc) is 3.62. The minimum Gasteiger partial charge on any atom is -0.494 e. The van der Waals surface area contributed by atoms with Crippen molar-refractivity contribution in [2.24, 2.45) is 4.99 Å². The van der Waals surface area contributed by atoms with Gasteiger partial charge in [0.1, 0.15) is 5.75 Å². The van der Waals surface area contributed by atoms with Crippen LogP contribution in [0.1, 0.15) is 43.0 Å². The van der Waals surface area contributed by atoms with Crippen LogP contribution in [0.4, 0.5) is 0 Å². The number of allylic oxidation sites excluding steroid dienone is 3. The standard InChI is InChI=1S/C31H35N3O3S/c1-22-19-25(13-10-23-11-14-26(15-12-23)37-17-5-9-31(35)36)32-27(22)21-28-24(7-4-16-34(2)3)20-29(33-28)30-8-6-18-38-30/h6,8,10-15,18-21,33H,4-5,7,9,16-17H2,1-3H3,(H,35,36)/b13-10+,27-21-. The highest BCUT2D eigenvalue weighted by Crippen LogP contribution is 2.30. The van der Waals surface area contributed by atoms with E-state index in [0.717, 1.165) is 59.1 Å². The summed E-state index contributed by atoms with van der Waals surface area (Å²) >= 11 is 1.74. The minimum absolute atomic E-state index is 0.115. The van der Waals surface area contributed by atoms with Crippen molar-refractivity contribution in [3.8, 4) is 16.3 Å². The number of H-pyrrole nitrogens is 1. The maximum Gasteiger partial charge on any atom is 0.303 e. The van der Waals surface area contributed by atoms with Crippen LogP contribution >= 0.6 is 11.3 Å². The Bertz CT molecular complexity index is 1340. The summed E-state index contributed by atoms with van der Waals surface area (Å²) in [5.41, 5.74) is 7.68. The fraction of sp³-hybridized carbons (Fsp3) is 0.290. The molecule has 198 valence electrons. The van der Waals surface area contributed by atoms with Crippen molar-refractivity contribution in [3.05, 3.63) is 88.1 Å². The molecule has 0 saturated heterocycles. The number of nitrogens with one attached hydrogen (secondary N) is 1. The average molecular weight is 530 g/mol. The molecule has 6 nitrogen and oxygen atoms in total. The molecule has 0 radical (unpaired) electrons. The lowest BCUT2D eigenvalue weighted by Gasteiger charge is -2.08. The van der Waals surface area contributed by atoms with E-state index < -0.39 is 5.97 Å². The number of benzene rings is 1. The Labute approximate surface area is 228 Å².